The summed E-state index contributed by atoms with van der Waals surface area (Å²) in [5.41, 5.74) is 0.147. The maximum Gasteiger partial charge on any atom is 0.225 e. The second-order valence-corrected chi connectivity index (χ2v) is 6.29. The molecule has 1 aromatic rings. The smallest absolute Gasteiger partial charge is 0.225 e. The van der Waals surface area contributed by atoms with Crippen LogP contribution in [0.15, 0.2) is 12.4 Å². The summed E-state index contributed by atoms with van der Waals surface area (Å²) in [6.45, 7) is 9.43. The Morgan fingerprint density at radius 3 is 2.68 bits per heavy atom. The molecule has 0 saturated carbocycles. The van der Waals surface area contributed by atoms with Crippen LogP contribution in [0.2, 0.25) is 0 Å². The summed E-state index contributed by atoms with van der Waals surface area (Å²) in [7, 11) is 0. The van der Waals surface area contributed by atoms with Gasteiger partial charge < -0.3 is 10.2 Å². The van der Waals surface area contributed by atoms with E-state index in [0.29, 0.717) is 11.9 Å². The molecular weight excluding hydrogens is 243 g/mol. The largest absolute Gasteiger partial charge is 0.341 e. The molecule has 1 fully saturated rings. The van der Waals surface area contributed by atoms with Crippen molar-refractivity contribution in [3.05, 3.63) is 18.2 Å². The molecule has 2 rings (SSSR count). The first kappa shape index (κ1) is 14.2. The first-order chi connectivity index (χ1) is 8.94. The highest BCUT2D eigenvalue weighted by atomic mass is 19.1. The molecular formula is C14H23FN4. The molecule has 1 aliphatic rings. The molecule has 0 bridgehead atoms. The van der Waals surface area contributed by atoms with Gasteiger partial charge in [0.25, 0.3) is 0 Å². The third-order valence-electron chi connectivity index (χ3n) is 3.33. The molecule has 19 heavy (non-hydrogen) atoms. The van der Waals surface area contributed by atoms with E-state index in [1.807, 2.05) is 0 Å². The van der Waals surface area contributed by atoms with Crippen LogP contribution in [0.4, 0.5) is 10.3 Å². The van der Waals surface area contributed by atoms with Crippen molar-refractivity contribution in [2.45, 2.75) is 39.2 Å². The quantitative estimate of drug-likeness (QED) is 0.911. The van der Waals surface area contributed by atoms with Crippen LogP contribution in [0.5, 0.6) is 0 Å². The van der Waals surface area contributed by atoms with Crippen LogP contribution < -0.4 is 10.2 Å². The van der Waals surface area contributed by atoms with Crippen LogP contribution >= 0.6 is 0 Å². The lowest BCUT2D eigenvalue weighted by Crippen LogP contribution is -2.45. The van der Waals surface area contributed by atoms with Crippen molar-refractivity contribution in [3.63, 3.8) is 0 Å². The molecule has 1 unspecified atom stereocenters. The summed E-state index contributed by atoms with van der Waals surface area (Å²) in [5, 5.41) is 3.55. The minimum Gasteiger partial charge on any atom is -0.341 e. The van der Waals surface area contributed by atoms with Crippen LogP contribution in [-0.4, -0.2) is 35.1 Å². The van der Waals surface area contributed by atoms with Crippen LogP contribution in [-0.2, 0) is 0 Å². The molecule has 106 valence electrons. The normalized spacial score (nSPS) is 20.6. The average Bonchev–Trinajstić information content (AvgIpc) is 2.37. The summed E-state index contributed by atoms with van der Waals surface area (Å²) in [6, 6.07) is 0. The summed E-state index contributed by atoms with van der Waals surface area (Å²) in [4.78, 5) is 10.3. The predicted octanol–water partition coefficient (Wildman–Crippen LogP) is 2.22. The summed E-state index contributed by atoms with van der Waals surface area (Å²) < 4.78 is 12.8. The number of halogens is 1. The highest BCUT2D eigenvalue weighted by molar-refractivity contribution is 5.29. The van der Waals surface area contributed by atoms with E-state index in [9.17, 15) is 4.39 Å². The summed E-state index contributed by atoms with van der Waals surface area (Å²) in [6.07, 6.45) is 4.83. The van der Waals surface area contributed by atoms with E-state index in [4.69, 9.17) is 0 Å². The monoisotopic (exact) mass is 266 g/mol. The molecule has 1 aliphatic heterocycles. The van der Waals surface area contributed by atoms with Crippen molar-refractivity contribution in [2.24, 2.45) is 5.92 Å². The minimum atomic E-state index is -0.383. The fourth-order valence-electron chi connectivity index (χ4n) is 2.33. The molecule has 0 radical (unpaired) electrons. The summed E-state index contributed by atoms with van der Waals surface area (Å²) >= 11 is 0. The van der Waals surface area contributed by atoms with E-state index < -0.39 is 0 Å². The van der Waals surface area contributed by atoms with Gasteiger partial charge in [-0.15, -0.1) is 0 Å². The number of rotatable bonds is 3. The molecule has 1 atom stereocenters. The number of nitrogens with zero attached hydrogens (tertiary/aromatic N) is 3. The SMILES string of the molecule is CC(C)(C)NCC1CCCN(c2ncc(F)cn2)C1. The Kier molecular flexibility index (Phi) is 4.34. The number of nitrogens with one attached hydrogen (secondary N) is 1. The van der Waals surface area contributed by atoms with Crippen LogP contribution in [0, 0.1) is 11.7 Å². The van der Waals surface area contributed by atoms with Gasteiger partial charge in [-0.25, -0.2) is 14.4 Å². The van der Waals surface area contributed by atoms with Gasteiger partial charge in [0, 0.05) is 25.2 Å². The molecule has 0 spiro atoms. The third-order valence-corrected chi connectivity index (χ3v) is 3.33. The van der Waals surface area contributed by atoms with Crippen molar-refractivity contribution >= 4 is 5.95 Å². The van der Waals surface area contributed by atoms with Gasteiger partial charge >= 0.3 is 0 Å². The van der Waals surface area contributed by atoms with E-state index >= 15 is 0 Å². The van der Waals surface area contributed by atoms with Crippen molar-refractivity contribution < 1.29 is 4.39 Å². The zero-order valence-corrected chi connectivity index (χ0v) is 12.0. The number of aromatic nitrogens is 2. The molecule has 1 saturated heterocycles. The van der Waals surface area contributed by atoms with Crippen molar-refractivity contribution in [1.29, 1.82) is 0 Å². The van der Waals surface area contributed by atoms with Gasteiger partial charge in [0.15, 0.2) is 5.82 Å². The van der Waals surface area contributed by atoms with E-state index in [1.54, 1.807) is 0 Å². The highest BCUT2D eigenvalue weighted by Crippen LogP contribution is 2.20. The molecule has 1 N–H and O–H groups in total. The van der Waals surface area contributed by atoms with Crippen molar-refractivity contribution in [2.75, 3.05) is 24.5 Å². The van der Waals surface area contributed by atoms with E-state index in [0.717, 1.165) is 26.1 Å². The Hall–Kier alpha value is -1.23. The standard InChI is InChI=1S/C14H23FN4/c1-14(2,3)18-7-11-5-4-6-19(10-11)13-16-8-12(15)9-17-13/h8-9,11,18H,4-7,10H2,1-3H3. The van der Waals surface area contributed by atoms with E-state index in [-0.39, 0.29) is 11.4 Å². The molecule has 4 nitrogen and oxygen atoms in total. The average molecular weight is 266 g/mol. The van der Waals surface area contributed by atoms with Gasteiger partial charge in [0.1, 0.15) is 0 Å². The lowest BCUT2D eigenvalue weighted by atomic mass is 9.97. The first-order valence-electron chi connectivity index (χ1n) is 6.91. The number of hydrogen-bond donors (Lipinski definition) is 1. The Morgan fingerprint density at radius 2 is 2.05 bits per heavy atom. The zero-order chi connectivity index (χ0) is 13.9. The third kappa shape index (κ3) is 4.42. The Labute approximate surface area is 114 Å². The first-order valence-corrected chi connectivity index (χ1v) is 6.91. The summed E-state index contributed by atoms with van der Waals surface area (Å²) in [5.74, 6) is 0.857. The second kappa shape index (κ2) is 5.82. The molecule has 2 heterocycles. The molecule has 0 aliphatic carbocycles. The van der Waals surface area contributed by atoms with Gasteiger partial charge in [0.2, 0.25) is 5.95 Å². The Balaban J connectivity index is 1.91. The van der Waals surface area contributed by atoms with Gasteiger partial charge in [-0.05, 0) is 39.5 Å². The Morgan fingerprint density at radius 1 is 1.37 bits per heavy atom. The highest BCUT2D eigenvalue weighted by Gasteiger charge is 2.23. The van der Waals surface area contributed by atoms with E-state index in [2.05, 4.69) is 41.0 Å². The van der Waals surface area contributed by atoms with Gasteiger partial charge in [-0.2, -0.15) is 0 Å². The Bertz CT molecular complexity index is 399. The van der Waals surface area contributed by atoms with Crippen LogP contribution in [0.1, 0.15) is 33.6 Å². The lowest BCUT2D eigenvalue weighted by molar-refractivity contribution is 0.334. The van der Waals surface area contributed by atoms with Gasteiger partial charge in [0.05, 0.1) is 12.4 Å². The number of anilines is 1. The predicted molar refractivity (Wildman–Crippen MR) is 74.7 cm³/mol. The molecule has 1 aromatic heterocycles. The van der Waals surface area contributed by atoms with Gasteiger partial charge in [-0.1, -0.05) is 0 Å². The van der Waals surface area contributed by atoms with Crippen LogP contribution in [0.3, 0.4) is 0 Å². The van der Waals surface area contributed by atoms with Gasteiger partial charge in [-0.3, -0.25) is 0 Å². The molecule has 5 heteroatoms. The number of piperidine rings is 1. The van der Waals surface area contributed by atoms with E-state index in [1.165, 1.54) is 18.8 Å². The zero-order valence-electron chi connectivity index (χ0n) is 12.0. The molecule has 0 aromatic carbocycles. The van der Waals surface area contributed by atoms with Crippen molar-refractivity contribution in [1.82, 2.24) is 15.3 Å². The topological polar surface area (TPSA) is 41.0 Å². The number of hydrogen-bond acceptors (Lipinski definition) is 4. The maximum atomic E-state index is 12.8. The second-order valence-electron chi connectivity index (χ2n) is 6.29. The minimum absolute atomic E-state index is 0.147. The lowest BCUT2D eigenvalue weighted by Gasteiger charge is -2.34. The fourth-order valence-corrected chi connectivity index (χ4v) is 2.33. The van der Waals surface area contributed by atoms with Crippen LogP contribution in [0.25, 0.3) is 0 Å². The molecule has 0 amide bonds. The van der Waals surface area contributed by atoms with Crippen molar-refractivity contribution in [3.8, 4) is 0 Å². The fraction of sp³-hybridized carbons (Fsp3) is 0.714. The maximum absolute atomic E-state index is 12.8.